The van der Waals surface area contributed by atoms with Gasteiger partial charge >= 0.3 is 0 Å². The van der Waals surface area contributed by atoms with Crippen LogP contribution >= 0.6 is 0 Å². The molecule has 204 valence electrons. The van der Waals surface area contributed by atoms with E-state index in [0.29, 0.717) is 31.3 Å². The lowest BCUT2D eigenvalue weighted by molar-refractivity contribution is 0.263. The van der Waals surface area contributed by atoms with Crippen molar-refractivity contribution in [3.05, 3.63) is 59.7 Å². The van der Waals surface area contributed by atoms with Gasteiger partial charge in [0.15, 0.2) is 0 Å². The Morgan fingerprint density at radius 2 is 1.30 bits per heavy atom. The summed E-state index contributed by atoms with van der Waals surface area (Å²) in [5.41, 5.74) is 2.87. The average Bonchev–Trinajstić information content (AvgIpc) is 3.85. The number of unbranched alkanes of at least 4 members (excludes halogenated alkanes) is 8. The van der Waals surface area contributed by atoms with Crippen LogP contribution in [0.2, 0.25) is 0 Å². The highest BCUT2D eigenvalue weighted by molar-refractivity contribution is 5.30. The number of ether oxygens (including phenoxy) is 4. The Kier molecular flexibility index (Phi) is 12.1. The summed E-state index contributed by atoms with van der Waals surface area (Å²) >= 11 is 0. The molecular weight excluding hydrogens is 460 g/mol. The van der Waals surface area contributed by atoms with E-state index in [1.165, 1.54) is 88.2 Å². The van der Waals surface area contributed by atoms with Gasteiger partial charge in [0.2, 0.25) is 0 Å². The van der Waals surface area contributed by atoms with Crippen molar-refractivity contribution in [2.75, 3.05) is 26.4 Å². The van der Waals surface area contributed by atoms with Crippen LogP contribution < -0.4 is 9.47 Å². The van der Waals surface area contributed by atoms with E-state index < -0.39 is 0 Å². The minimum Gasteiger partial charge on any atom is -0.491 e. The Morgan fingerprint density at radius 1 is 0.703 bits per heavy atom. The smallest absolute Gasteiger partial charge is 0.119 e. The molecule has 2 heterocycles. The summed E-state index contributed by atoms with van der Waals surface area (Å²) in [6.45, 7) is 5.33. The van der Waals surface area contributed by atoms with Crippen LogP contribution in [0.25, 0.3) is 0 Å². The standard InChI is InChI=1S/C33H48O4/c1-2-3-4-6-10-15-28(29-18-20-30(21-19-29)34-23-32-25-36-32)16-11-8-5-7-9-13-27-14-12-17-31(22-27)35-24-33-26-37-33/h12,14,17-22,28,32-33H,2-11,13,15-16,23-26H2,1H3. The summed E-state index contributed by atoms with van der Waals surface area (Å²) in [6.07, 6.45) is 17.7. The number of hydrogen-bond acceptors (Lipinski definition) is 4. The fourth-order valence-electron chi connectivity index (χ4n) is 5.06. The second-order valence-electron chi connectivity index (χ2n) is 11.0. The zero-order chi connectivity index (χ0) is 25.5. The van der Waals surface area contributed by atoms with Crippen molar-refractivity contribution in [2.24, 2.45) is 0 Å². The molecule has 0 saturated carbocycles. The second-order valence-corrected chi connectivity index (χ2v) is 11.0. The minimum absolute atomic E-state index is 0.308. The van der Waals surface area contributed by atoms with Crippen molar-refractivity contribution in [3.63, 3.8) is 0 Å². The van der Waals surface area contributed by atoms with Gasteiger partial charge in [-0.25, -0.2) is 0 Å². The van der Waals surface area contributed by atoms with Crippen LogP contribution in [0.15, 0.2) is 48.5 Å². The van der Waals surface area contributed by atoms with E-state index in [-0.39, 0.29) is 0 Å². The lowest BCUT2D eigenvalue weighted by Crippen LogP contribution is -2.04. The molecule has 0 radical (unpaired) electrons. The first-order chi connectivity index (χ1) is 18.3. The molecule has 2 saturated heterocycles. The maximum Gasteiger partial charge on any atom is 0.119 e. The van der Waals surface area contributed by atoms with E-state index in [4.69, 9.17) is 18.9 Å². The maximum absolute atomic E-state index is 5.85. The quantitative estimate of drug-likeness (QED) is 0.126. The summed E-state index contributed by atoms with van der Waals surface area (Å²) in [5, 5.41) is 0. The van der Waals surface area contributed by atoms with E-state index in [2.05, 4.69) is 55.5 Å². The van der Waals surface area contributed by atoms with Crippen molar-refractivity contribution in [1.29, 1.82) is 0 Å². The van der Waals surface area contributed by atoms with Crippen molar-refractivity contribution in [1.82, 2.24) is 0 Å². The molecule has 0 N–H and O–H groups in total. The predicted molar refractivity (Wildman–Crippen MR) is 151 cm³/mol. The first-order valence-electron chi connectivity index (χ1n) is 15.0. The SMILES string of the molecule is CCCCCCCC(CCCCCCCc1cccc(OCC2CO2)c1)c1ccc(OCC2CO2)cc1. The van der Waals surface area contributed by atoms with E-state index in [9.17, 15) is 0 Å². The molecule has 2 fully saturated rings. The van der Waals surface area contributed by atoms with Gasteiger partial charge in [-0.05, 0) is 67.0 Å². The average molecular weight is 509 g/mol. The van der Waals surface area contributed by atoms with Gasteiger partial charge in [0, 0.05) is 0 Å². The Balaban J connectivity index is 1.13. The molecule has 4 heteroatoms. The van der Waals surface area contributed by atoms with Crippen molar-refractivity contribution in [3.8, 4) is 11.5 Å². The van der Waals surface area contributed by atoms with Crippen LogP contribution in [0.5, 0.6) is 11.5 Å². The number of aryl methyl sites for hydroxylation is 1. The fourth-order valence-corrected chi connectivity index (χ4v) is 5.06. The minimum atomic E-state index is 0.308. The molecule has 0 bridgehead atoms. The number of rotatable bonds is 21. The van der Waals surface area contributed by atoms with Gasteiger partial charge in [-0.3, -0.25) is 0 Å². The number of hydrogen-bond donors (Lipinski definition) is 0. The molecular formula is C33H48O4. The molecule has 2 aliphatic rings. The van der Waals surface area contributed by atoms with Gasteiger partial charge < -0.3 is 18.9 Å². The summed E-state index contributed by atoms with van der Waals surface area (Å²) in [6, 6.07) is 17.5. The van der Waals surface area contributed by atoms with Gasteiger partial charge in [0.05, 0.1) is 13.2 Å². The Morgan fingerprint density at radius 3 is 1.95 bits per heavy atom. The largest absolute Gasteiger partial charge is 0.491 e. The maximum atomic E-state index is 5.85. The topological polar surface area (TPSA) is 43.5 Å². The van der Waals surface area contributed by atoms with Crippen LogP contribution in [0.3, 0.4) is 0 Å². The lowest BCUT2D eigenvalue weighted by atomic mass is 9.88. The van der Waals surface area contributed by atoms with Gasteiger partial charge in [-0.1, -0.05) is 89.0 Å². The molecule has 2 aromatic carbocycles. The summed E-state index contributed by atoms with van der Waals surface area (Å²) in [5.74, 6) is 2.62. The summed E-state index contributed by atoms with van der Waals surface area (Å²) in [7, 11) is 0. The molecule has 0 aromatic heterocycles. The van der Waals surface area contributed by atoms with Crippen LogP contribution in [0, 0.1) is 0 Å². The van der Waals surface area contributed by atoms with Crippen LogP contribution in [-0.4, -0.2) is 38.6 Å². The Bertz CT molecular complexity index is 872. The van der Waals surface area contributed by atoms with E-state index in [0.717, 1.165) is 31.1 Å². The highest BCUT2D eigenvalue weighted by Crippen LogP contribution is 2.30. The van der Waals surface area contributed by atoms with E-state index in [1.54, 1.807) is 0 Å². The summed E-state index contributed by atoms with van der Waals surface area (Å²) < 4.78 is 22.2. The Hall–Kier alpha value is -2.04. The molecule has 0 amide bonds. The third kappa shape index (κ3) is 11.5. The fraction of sp³-hybridized carbons (Fsp3) is 0.636. The van der Waals surface area contributed by atoms with E-state index >= 15 is 0 Å². The number of benzene rings is 2. The summed E-state index contributed by atoms with van der Waals surface area (Å²) in [4.78, 5) is 0. The molecule has 0 aliphatic carbocycles. The molecule has 2 aromatic rings. The highest BCUT2D eigenvalue weighted by Gasteiger charge is 2.23. The van der Waals surface area contributed by atoms with Crippen LogP contribution in [-0.2, 0) is 15.9 Å². The molecule has 4 rings (SSSR count). The van der Waals surface area contributed by atoms with Gasteiger partial charge in [-0.2, -0.15) is 0 Å². The van der Waals surface area contributed by atoms with Crippen molar-refractivity contribution >= 4 is 0 Å². The second kappa shape index (κ2) is 16.0. The third-order valence-corrected chi connectivity index (χ3v) is 7.60. The zero-order valence-corrected chi connectivity index (χ0v) is 23.0. The molecule has 37 heavy (non-hydrogen) atoms. The Labute approximate surface area is 225 Å². The first-order valence-corrected chi connectivity index (χ1v) is 15.0. The van der Waals surface area contributed by atoms with Gasteiger partial charge in [0.25, 0.3) is 0 Å². The molecule has 3 atom stereocenters. The molecule has 2 aliphatic heterocycles. The van der Waals surface area contributed by atoms with Gasteiger partial charge in [-0.15, -0.1) is 0 Å². The van der Waals surface area contributed by atoms with E-state index in [1.807, 2.05) is 0 Å². The normalized spacial score (nSPS) is 18.9. The van der Waals surface area contributed by atoms with Crippen LogP contribution in [0.1, 0.15) is 101 Å². The monoisotopic (exact) mass is 508 g/mol. The number of epoxide rings is 2. The highest BCUT2D eigenvalue weighted by atomic mass is 16.6. The van der Waals surface area contributed by atoms with Crippen LogP contribution in [0.4, 0.5) is 0 Å². The molecule has 4 nitrogen and oxygen atoms in total. The third-order valence-electron chi connectivity index (χ3n) is 7.60. The van der Waals surface area contributed by atoms with Gasteiger partial charge in [0.1, 0.15) is 36.9 Å². The lowest BCUT2D eigenvalue weighted by Gasteiger charge is -2.18. The molecule has 0 spiro atoms. The first kappa shape index (κ1) is 28.0. The van der Waals surface area contributed by atoms with Crippen molar-refractivity contribution < 1.29 is 18.9 Å². The van der Waals surface area contributed by atoms with Crippen molar-refractivity contribution in [2.45, 2.75) is 109 Å². The molecule has 3 unspecified atom stereocenters. The predicted octanol–water partition coefficient (Wildman–Crippen LogP) is 8.27. The zero-order valence-electron chi connectivity index (χ0n) is 23.0.